The first-order chi connectivity index (χ1) is 12.8. The highest BCUT2D eigenvalue weighted by Gasteiger charge is 2.28. The van der Waals surface area contributed by atoms with Crippen LogP contribution in [0, 0.1) is 0 Å². The molecule has 0 bridgehead atoms. The van der Waals surface area contributed by atoms with Crippen molar-refractivity contribution in [2.45, 2.75) is 31.8 Å². The van der Waals surface area contributed by atoms with E-state index in [0.717, 1.165) is 48.0 Å². The fourth-order valence-corrected chi connectivity index (χ4v) is 3.83. The summed E-state index contributed by atoms with van der Waals surface area (Å²) >= 11 is 0. The van der Waals surface area contributed by atoms with E-state index >= 15 is 0 Å². The van der Waals surface area contributed by atoms with Crippen molar-refractivity contribution in [2.75, 3.05) is 13.7 Å². The Hall–Kier alpha value is -2.82. The fraction of sp³-hybridized carbons (Fsp3) is 0.333. The fourth-order valence-electron chi connectivity index (χ4n) is 3.83. The molecule has 0 spiro atoms. The van der Waals surface area contributed by atoms with Crippen molar-refractivity contribution in [1.29, 1.82) is 0 Å². The third kappa shape index (κ3) is 3.17. The Labute approximate surface area is 153 Å². The number of benzene rings is 1. The van der Waals surface area contributed by atoms with Crippen molar-refractivity contribution >= 4 is 16.8 Å². The van der Waals surface area contributed by atoms with Gasteiger partial charge < -0.3 is 14.2 Å². The number of pyridine rings is 1. The summed E-state index contributed by atoms with van der Waals surface area (Å²) in [6, 6.07) is 12.1. The summed E-state index contributed by atoms with van der Waals surface area (Å²) in [5, 5.41) is 1.08. The molecule has 0 unspecified atom stereocenters. The number of amides is 1. The van der Waals surface area contributed by atoms with Gasteiger partial charge in [-0.2, -0.15) is 0 Å². The number of nitrogens with zero attached hydrogens (tertiary/aromatic N) is 3. The highest BCUT2D eigenvalue weighted by molar-refractivity contribution is 5.84. The van der Waals surface area contributed by atoms with Crippen LogP contribution in [0.15, 0.2) is 55.0 Å². The lowest BCUT2D eigenvalue weighted by molar-refractivity contribution is -0.135. The van der Waals surface area contributed by atoms with Gasteiger partial charge in [0.15, 0.2) is 0 Å². The van der Waals surface area contributed by atoms with Crippen LogP contribution in [-0.2, 0) is 11.3 Å². The Kier molecular flexibility index (Phi) is 4.61. The summed E-state index contributed by atoms with van der Waals surface area (Å²) in [5.74, 6) is 0.987. The van der Waals surface area contributed by atoms with E-state index in [2.05, 4.69) is 11.1 Å². The molecule has 1 aromatic carbocycles. The van der Waals surface area contributed by atoms with Crippen molar-refractivity contribution in [3.05, 3.63) is 60.6 Å². The molecule has 1 fully saturated rings. The van der Waals surface area contributed by atoms with Gasteiger partial charge in [0.1, 0.15) is 12.3 Å². The molecule has 26 heavy (non-hydrogen) atoms. The van der Waals surface area contributed by atoms with Crippen LogP contribution in [0.2, 0.25) is 0 Å². The Bertz CT molecular complexity index is 904. The van der Waals surface area contributed by atoms with Crippen molar-refractivity contribution in [3.8, 4) is 5.75 Å². The van der Waals surface area contributed by atoms with Crippen LogP contribution in [0.4, 0.5) is 0 Å². The van der Waals surface area contributed by atoms with Crippen molar-refractivity contribution in [3.63, 3.8) is 0 Å². The third-order valence-electron chi connectivity index (χ3n) is 5.18. The maximum absolute atomic E-state index is 13.1. The minimum absolute atomic E-state index is 0.131. The maximum atomic E-state index is 13.1. The highest BCUT2D eigenvalue weighted by atomic mass is 16.5. The molecule has 3 heterocycles. The molecule has 4 rings (SSSR count). The molecular weight excluding hydrogens is 326 g/mol. The first-order valence-electron chi connectivity index (χ1n) is 9.08. The van der Waals surface area contributed by atoms with Crippen LogP contribution in [0.3, 0.4) is 0 Å². The quantitative estimate of drug-likeness (QED) is 0.720. The second-order valence-corrected chi connectivity index (χ2v) is 6.75. The van der Waals surface area contributed by atoms with Crippen LogP contribution in [0.1, 0.15) is 30.9 Å². The first-order valence-corrected chi connectivity index (χ1v) is 9.08. The maximum Gasteiger partial charge on any atom is 0.243 e. The number of hydrogen-bond donors (Lipinski definition) is 0. The summed E-state index contributed by atoms with van der Waals surface area (Å²) in [4.78, 5) is 19.3. The molecule has 0 saturated carbocycles. The lowest BCUT2D eigenvalue weighted by atomic mass is 9.96. The molecule has 5 nitrogen and oxygen atoms in total. The molecular formula is C21H23N3O2. The van der Waals surface area contributed by atoms with Gasteiger partial charge in [0, 0.05) is 36.0 Å². The van der Waals surface area contributed by atoms with E-state index in [1.165, 1.54) is 0 Å². The number of methoxy groups -OCH3 is 1. The van der Waals surface area contributed by atoms with Crippen LogP contribution in [0.5, 0.6) is 5.75 Å². The van der Waals surface area contributed by atoms with E-state index in [4.69, 9.17) is 4.74 Å². The van der Waals surface area contributed by atoms with Gasteiger partial charge in [-0.15, -0.1) is 0 Å². The predicted molar refractivity (Wildman–Crippen MR) is 101 cm³/mol. The molecule has 134 valence electrons. The number of ether oxygens (including phenoxy) is 1. The average Bonchev–Trinajstić information content (AvgIpc) is 3.10. The summed E-state index contributed by atoms with van der Waals surface area (Å²) in [5.41, 5.74) is 2.18. The number of carbonyl (C=O) groups excluding carboxylic acids is 1. The van der Waals surface area contributed by atoms with Crippen LogP contribution in [-0.4, -0.2) is 34.0 Å². The number of rotatable bonds is 4. The zero-order chi connectivity index (χ0) is 17.9. The first kappa shape index (κ1) is 16.6. The topological polar surface area (TPSA) is 47.4 Å². The van der Waals surface area contributed by atoms with Gasteiger partial charge in [0.2, 0.25) is 5.91 Å². The lowest BCUT2D eigenvalue weighted by Crippen LogP contribution is -2.40. The molecule has 0 N–H and O–H groups in total. The number of fused-ring (bicyclic) bond motifs is 1. The largest absolute Gasteiger partial charge is 0.497 e. The SMILES string of the molecule is COc1ccc2c(ccn2CC(=O)N2CCCC[C@H]2c2cccnc2)c1. The standard InChI is InChI=1S/C21H23N3O2/c1-26-18-7-8-19-16(13-18)9-12-23(19)15-21(25)24-11-3-2-6-20(24)17-5-4-10-22-14-17/h4-5,7-10,12-14,20H,2-3,6,11,15H2,1H3/t20-/m0/s1. The van der Waals surface area contributed by atoms with Gasteiger partial charge in [0.05, 0.1) is 13.2 Å². The molecule has 1 saturated heterocycles. The van der Waals surface area contributed by atoms with E-state index in [1.54, 1.807) is 13.3 Å². The minimum Gasteiger partial charge on any atom is -0.497 e. The average molecular weight is 349 g/mol. The summed E-state index contributed by atoms with van der Waals surface area (Å²) in [6.45, 7) is 1.16. The molecule has 5 heteroatoms. The van der Waals surface area contributed by atoms with Crippen molar-refractivity contribution in [2.24, 2.45) is 0 Å². The lowest BCUT2D eigenvalue weighted by Gasteiger charge is -2.36. The van der Waals surface area contributed by atoms with Crippen molar-refractivity contribution in [1.82, 2.24) is 14.5 Å². The molecule has 3 aromatic rings. The number of carbonyl (C=O) groups is 1. The van der Waals surface area contributed by atoms with Gasteiger partial charge in [-0.1, -0.05) is 6.07 Å². The predicted octanol–water partition coefficient (Wildman–Crippen LogP) is 3.80. The van der Waals surface area contributed by atoms with Crippen LogP contribution < -0.4 is 4.74 Å². The number of hydrogen-bond acceptors (Lipinski definition) is 3. The molecule has 1 aliphatic heterocycles. The monoisotopic (exact) mass is 349 g/mol. The zero-order valence-corrected chi connectivity index (χ0v) is 15.0. The second-order valence-electron chi connectivity index (χ2n) is 6.75. The molecule has 0 aliphatic carbocycles. The molecule has 1 amide bonds. The van der Waals surface area contributed by atoms with Gasteiger partial charge in [-0.05, 0) is 55.2 Å². The Morgan fingerprint density at radius 2 is 2.19 bits per heavy atom. The summed E-state index contributed by atoms with van der Waals surface area (Å²) in [7, 11) is 1.66. The molecule has 0 radical (unpaired) electrons. The van der Waals surface area contributed by atoms with E-state index in [9.17, 15) is 4.79 Å². The van der Waals surface area contributed by atoms with Gasteiger partial charge in [-0.3, -0.25) is 9.78 Å². The number of aromatic nitrogens is 2. The molecule has 1 atom stereocenters. The van der Waals surface area contributed by atoms with Crippen LogP contribution in [0.25, 0.3) is 10.9 Å². The van der Waals surface area contributed by atoms with Gasteiger partial charge >= 0.3 is 0 Å². The van der Waals surface area contributed by atoms with Crippen LogP contribution >= 0.6 is 0 Å². The minimum atomic E-state index is 0.131. The summed E-state index contributed by atoms with van der Waals surface area (Å²) < 4.78 is 7.30. The highest BCUT2D eigenvalue weighted by Crippen LogP contribution is 2.31. The van der Waals surface area contributed by atoms with E-state index in [0.29, 0.717) is 6.54 Å². The Balaban J connectivity index is 1.57. The Morgan fingerprint density at radius 3 is 3.00 bits per heavy atom. The Morgan fingerprint density at radius 1 is 1.27 bits per heavy atom. The third-order valence-corrected chi connectivity index (χ3v) is 5.18. The zero-order valence-electron chi connectivity index (χ0n) is 15.0. The number of likely N-dealkylation sites (tertiary alicyclic amines) is 1. The van der Waals surface area contributed by atoms with E-state index in [-0.39, 0.29) is 11.9 Å². The van der Waals surface area contributed by atoms with E-state index < -0.39 is 0 Å². The summed E-state index contributed by atoms with van der Waals surface area (Å²) in [6.07, 6.45) is 8.85. The molecule has 2 aromatic heterocycles. The van der Waals surface area contributed by atoms with Crippen molar-refractivity contribution < 1.29 is 9.53 Å². The van der Waals surface area contributed by atoms with Gasteiger partial charge in [0.25, 0.3) is 0 Å². The normalized spacial score (nSPS) is 17.4. The second kappa shape index (κ2) is 7.20. The smallest absolute Gasteiger partial charge is 0.243 e. The van der Waals surface area contributed by atoms with Gasteiger partial charge in [-0.25, -0.2) is 0 Å². The molecule has 1 aliphatic rings. The van der Waals surface area contributed by atoms with E-state index in [1.807, 2.05) is 52.2 Å². The number of piperidine rings is 1.